The highest BCUT2D eigenvalue weighted by atomic mass is 32.1. The molecule has 1 aliphatic heterocycles. The monoisotopic (exact) mass is 280 g/mol. The first kappa shape index (κ1) is 12.2. The number of rotatable bonds is 3. The average Bonchev–Trinajstić information content (AvgIpc) is 3.09. The molecular formula is C11H12N4O3S. The molecule has 1 N–H and O–H groups in total. The van der Waals surface area contributed by atoms with Gasteiger partial charge < -0.3 is 9.84 Å². The Morgan fingerprint density at radius 3 is 2.89 bits per heavy atom. The number of hydrogen-bond acceptors (Lipinski definition) is 7. The molecule has 0 amide bonds. The van der Waals surface area contributed by atoms with Gasteiger partial charge in [0.15, 0.2) is 5.82 Å². The molecule has 0 aliphatic carbocycles. The second-order valence-electron chi connectivity index (χ2n) is 4.38. The maximum absolute atomic E-state index is 10.6. The molecule has 8 heteroatoms. The van der Waals surface area contributed by atoms with Crippen LogP contribution in [0.25, 0.3) is 10.8 Å². The van der Waals surface area contributed by atoms with Crippen LogP contribution >= 0.6 is 11.3 Å². The molecule has 7 nitrogen and oxygen atoms in total. The van der Waals surface area contributed by atoms with Gasteiger partial charge in [-0.2, -0.15) is 4.98 Å². The highest BCUT2D eigenvalue weighted by molar-refractivity contribution is 7.18. The Morgan fingerprint density at radius 2 is 2.21 bits per heavy atom. The van der Waals surface area contributed by atoms with Crippen LogP contribution in [0.3, 0.4) is 0 Å². The van der Waals surface area contributed by atoms with Gasteiger partial charge >= 0.3 is 5.00 Å². The fourth-order valence-corrected chi connectivity index (χ4v) is 2.86. The van der Waals surface area contributed by atoms with E-state index >= 15 is 0 Å². The van der Waals surface area contributed by atoms with Crippen LogP contribution in [-0.2, 0) is 0 Å². The van der Waals surface area contributed by atoms with E-state index in [1.807, 2.05) is 0 Å². The van der Waals surface area contributed by atoms with E-state index in [4.69, 9.17) is 4.52 Å². The summed E-state index contributed by atoms with van der Waals surface area (Å²) < 4.78 is 5.20. The Hall–Kier alpha value is -1.80. The van der Waals surface area contributed by atoms with Crippen molar-refractivity contribution in [3.63, 3.8) is 0 Å². The number of thiophene rings is 1. The average molecular weight is 280 g/mol. The van der Waals surface area contributed by atoms with Crippen LogP contribution < -0.4 is 5.32 Å². The van der Waals surface area contributed by atoms with Crippen molar-refractivity contribution in [2.24, 2.45) is 0 Å². The lowest BCUT2D eigenvalue weighted by molar-refractivity contribution is -0.380. The second kappa shape index (κ2) is 5.06. The summed E-state index contributed by atoms with van der Waals surface area (Å²) in [5.74, 6) is 1.38. The minimum Gasteiger partial charge on any atom is -0.333 e. The summed E-state index contributed by atoms with van der Waals surface area (Å²) in [7, 11) is 0. The summed E-state index contributed by atoms with van der Waals surface area (Å²) >= 11 is 1.05. The Labute approximate surface area is 112 Å². The lowest BCUT2D eigenvalue weighted by Gasteiger charge is -2.18. The molecule has 1 saturated heterocycles. The van der Waals surface area contributed by atoms with Crippen molar-refractivity contribution in [2.45, 2.75) is 18.8 Å². The minimum atomic E-state index is -0.418. The van der Waals surface area contributed by atoms with Gasteiger partial charge in [0.25, 0.3) is 5.89 Å². The molecule has 0 aromatic carbocycles. The largest absolute Gasteiger partial charge is 0.333 e. The molecule has 2 aromatic rings. The van der Waals surface area contributed by atoms with Crippen LogP contribution in [0.2, 0.25) is 0 Å². The molecule has 0 radical (unpaired) electrons. The van der Waals surface area contributed by atoms with Gasteiger partial charge in [-0.15, -0.1) is 0 Å². The molecule has 0 spiro atoms. The van der Waals surface area contributed by atoms with Gasteiger partial charge in [0, 0.05) is 12.0 Å². The quantitative estimate of drug-likeness (QED) is 0.684. The van der Waals surface area contributed by atoms with Gasteiger partial charge in [-0.25, -0.2) is 0 Å². The van der Waals surface area contributed by atoms with E-state index in [1.165, 1.54) is 6.07 Å². The third-order valence-corrected chi connectivity index (χ3v) is 4.15. The summed E-state index contributed by atoms with van der Waals surface area (Å²) in [5.41, 5.74) is 0. The van der Waals surface area contributed by atoms with E-state index < -0.39 is 4.92 Å². The number of nitro groups is 1. The zero-order valence-electron chi connectivity index (χ0n) is 10.0. The molecule has 0 saturated carbocycles. The van der Waals surface area contributed by atoms with E-state index in [0.29, 0.717) is 22.5 Å². The maximum Gasteiger partial charge on any atom is 0.324 e. The van der Waals surface area contributed by atoms with Gasteiger partial charge in [0.05, 0.1) is 9.80 Å². The fraction of sp³-hybridized carbons (Fsp3) is 0.455. The first-order chi connectivity index (χ1) is 9.24. The van der Waals surface area contributed by atoms with Crippen LogP contribution in [0.15, 0.2) is 16.7 Å². The molecule has 2 aromatic heterocycles. The molecule has 100 valence electrons. The number of hydrogen-bond donors (Lipinski definition) is 1. The zero-order valence-corrected chi connectivity index (χ0v) is 10.9. The molecule has 3 heterocycles. The number of nitrogens with one attached hydrogen (secondary N) is 1. The van der Waals surface area contributed by atoms with Crippen molar-refractivity contribution in [1.82, 2.24) is 15.5 Å². The Kier molecular flexibility index (Phi) is 3.26. The smallest absolute Gasteiger partial charge is 0.324 e. The highest BCUT2D eigenvalue weighted by Gasteiger charge is 2.22. The lowest BCUT2D eigenvalue weighted by atomic mass is 9.98. The highest BCUT2D eigenvalue weighted by Crippen LogP contribution is 2.33. The van der Waals surface area contributed by atoms with E-state index in [9.17, 15) is 10.1 Å². The molecule has 3 rings (SSSR count). The van der Waals surface area contributed by atoms with Crippen molar-refractivity contribution in [3.05, 3.63) is 28.1 Å². The third kappa shape index (κ3) is 2.49. The maximum atomic E-state index is 10.6. The van der Waals surface area contributed by atoms with Gasteiger partial charge in [0.1, 0.15) is 0 Å². The van der Waals surface area contributed by atoms with Crippen LogP contribution in [0.5, 0.6) is 0 Å². The predicted octanol–water partition coefficient (Wildman–Crippen LogP) is 2.17. The van der Waals surface area contributed by atoms with Crippen molar-refractivity contribution >= 4 is 16.3 Å². The van der Waals surface area contributed by atoms with E-state index in [0.717, 1.165) is 37.3 Å². The van der Waals surface area contributed by atoms with Crippen LogP contribution in [0.4, 0.5) is 5.00 Å². The predicted molar refractivity (Wildman–Crippen MR) is 69.1 cm³/mol. The van der Waals surface area contributed by atoms with E-state index in [2.05, 4.69) is 15.5 Å². The van der Waals surface area contributed by atoms with E-state index in [-0.39, 0.29) is 5.00 Å². The Bertz CT molecular complexity index is 588. The van der Waals surface area contributed by atoms with Crippen LogP contribution in [0, 0.1) is 10.1 Å². The molecule has 1 fully saturated rings. The van der Waals surface area contributed by atoms with E-state index in [1.54, 1.807) is 6.07 Å². The molecule has 0 bridgehead atoms. The molecule has 19 heavy (non-hydrogen) atoms. The number of aromatic nitrogens is 2. The second-order valence-corrected chi connectivity index (χ2v) is 5.44. The Morgan fingerprint density at radius 1 is 1.42 bits per heavy atom. The van der Waals surface area contributed by atoms with Crippen molar-refractivity contribution in [1.29, 1.82) is 0 Å². The fourth-order valence-electron chi connectivity index (χ4n) is 2.12. The van der Waals surface area contributed by atoms with Gasteiger partial charge in [-0.3, -0.25) is 10.1 Å². The summed E-state index contributed by atoms with van der Waals surface area (Å²) in [5, 5.41) is 18.0. The third-order valence-electron chi connectivity index (χ3n) is 3.13. The normalized spacial score (nSPS) is 16.6. The summed E-state index contributed by atoms with van der Waals surface area (Å²) in [4.78, 5) is 15.2. The molecule has 0 atom stereocenters. The van der Waals surface area contributed by atoms with Crippen LogP contribution in [-0.4, -0.2) is 28.2 Å². The lowest BCUT2D eigenvalue weighted by Crippen LogP contribution is -2.27. The molecule has 1 aliphatic rings. The first-order valence-corrected chi connectivity index (χ1v) is 6.84. The summed E-state index contributed by atoms with van der Waals surface area (Å²) in [6.45, 7) is 1.91. The number of piperidine rings is 1. The van der Waals surface area contributed by atoms with Gasteiger partial charge in [-0.1, -0.05) is 16.5 Å². The Balaban J connectivity index is 1.81. The van der Waals surface area contributed by atoms with Gasteiger partial charge in [-0.05, 0) is 32.0 Å². The van der Waals surface area contributed by atoms with Crippen molar-refractivity contribution < 1.29 is 9.45 Å². The van der Waals surface area contributed by atoms with Crippen molar-refractivity contribution in [3.8, 4) is 10.8 Å². The SMILES string of the molecule is O=[N+]([O-])c1ccc(-c2nc(C3CCNCC3)no2)s1. The molecular weight excluding hydrogens is 268 g/mol. The van der Waals surface area contributed by atoms with Crippen molar-refractivity contribution in [2.75, 3.05) is 13.1 Å². The topological polar surface area (TPSA) is 94.1 Å². The standard InChI is InChI=1S/C11H12N4O3S/c16-15(17)9-2-1-8(19-9)11-13-10(14-18-11)7-3-5-12-6-4-7/h1-2,7,12H,3-6H2. The summed E-state index contributed by atoms with van der Waals surface area (Å²) in [6.07, 6.45) is 1.98. The zero-order chi connectivity index (χ0) is 13.2. The molecule has 0 unspecified atom stereocenters. The van der Waals surface area contributed by atoms with Crippen LogP contribution in [0.1, 0.15) is 24.6 Å². The summed E-state index contributed by atoms with van der Waals surface area (Å²) in [6, 6.07) is 3.09. The van der Waals surface area contributed by atoms with Gasteiger partial charge in [0.2, 0.25) is 0 Å². The number of nitrogens with zero attached hydrogens (tertiary/aromatic N) is 3. The first-order valence-electron chi connectivity index (χ1n) is 6.03. The minimum absolute atomic E-state index is 0.0802.